The van der Waals surface area contributed by atoms with Crippen LogP contribution in [0, 0.1) is 5.41 Å². The molecular weight excluding hydrogens is 221 g/mol. The SMILES string of the molecule is CC(C)(CN)Cc1c(Cl)ncnc1Cl. The third-order valence-corrected chi connectivity index (χ3v) is 2.70. The highest BCUT2D eigenvalue weighted by atomic mass is 35.5. The average Bonchev–Trinajstić information content (AvgIpc) is 2.12. The molecular formula is C9H13Cl2N3. The maximum atomic E-state index is 5.92. The van der Waals surface area contributed by atoms with Gasteiger partial charge in [0, 0.05) is 5.56 Å². The molecule has 0 aromatic carbocycles. The number of hydrogen-bond acceptors (Lipinski definition) is 3. The first-order chi connectivity index (χ1) is 6.46. The van der Waals surface area contributed by atoms with Crippen molar-refractivity contribution < 1.29 is 0 Å². The number of aromatic nitrogens is 2. The van der Waals surface area contributed by atoms with E-state index in [1.807, 2.05) is 13.8 Å². The fraction of sp³-hybridized carbons (Fsp3) is 0.556. The van der Waals surface area contributed by atoms with Gasteiger partial charge in [-0.1, -0.05) is 37.0 Å². The van der Waals surface area contributed by atoms with E-state index < -0.39 is 0 Å². The smallest absolute Gasteiger partial charge is 0.137 e. The lowest BCUT2D eigenvalue weighted by Gasteiger charge is -2.22. The Morgan fingerprint density at radius 3 is 2.21 bits per heavy atom. The summed E-state index contributed by atoms with van der Waals surface area (Å²) in [5, 5.41) is 0.818. The molecule has 14 heavy (non-hydrogen) atoms. The summed E-state index contributed by atoms with van der Waals surface area (Å²) in [4.78, 5) is 7.77. The van der Waals surface area contributed by atoms with E-state index in [0.29, 0.717) is 23.3 Å². The molecule has 3 nitrogen and oxygen atoms in total. The third-order valence-electron chi connectivity index (χ3n) is 2.05. The van der Waals surface area contributed by atoms with Crippen molar-refractivity contribution in [2.24, 2.45) is 11.1 Å². The largest absolute Gasteiger partial charge is 0.330 e. The number of halogens is 2. The highest BCUT2D eigenvalue weighted by Gasteiger charge is 2.20. The maximum absolute atomic E-state index is 5.92. The summed E-state index contributed by atoms with van der Waals surface area (Å²) >= 11 is 11.8. The normalized spacial score (nSPS) is 11.8. The van der Waals surface area contributed by atoms with E-state index in [4.69, 9.17) is 28.9 Å². The van der Waals surface area contributed by atoms with Crippen LogP contribution < -0.4 is 5.73 Å². The van der Waals surface area contributed by atoms with Gasteiger partial charge in [-0.3, -0.25) is 0 Å². The van der Waals surface area contributed by atoms with Crippen LogP contribution in [0.1, 0.15) is 19.4 Å². The van der Waals surface area contributed by atoms with Crippen LogP contribution in [-0.4, -0.2) is 16.5 Å². The summed E-state index contributed by atoms with van der Waals surface area (Å²) in [6, 6.07) is 0. The highest BCUT2D eigenvalue weighted by molar-refractivity contribution is 6.34. The molecule has 0 radical (unpaired) electrons. The minimum Gasteiger partial charge on any atom is -0.330 e. The van der Waals surface area contributed by atoms with Crippen molar-refractivity contribution in [2.45, 2.75) is 20.3 Å². The molecule has 1 rings (SSSR count). The Morgan fingerprint density at radius 2 is 1.79 bits per heavy atom. The van der Waals surface area contributed by atoms with Gasteiger partial charge in [0.1, 0.15) is 16.6 Å². The lowest BCUT2D eigenvalue weighted by Crippen LogP contribution is -2.26. The van der Waals surface area contributed by atoms with Crippen molar-refractivity contribution in [3.63, 3.8) is 0 Å². The molecule has 0 spiro atoms. The predicted molar refractivity (Wildman–Crippen MR) is 58.6 cm³/mol. The van der Waals surface area contributed by atoms with Gasteiger partial charge in [0.25, 0.3) is 0 Å². The van der Waals surface area contributed by atoms with E-state index >= 15 is 0 Å². The predicted octanol–water partition coefficient (Wildman–Crippen LogP) is 2.31. The van der Waals surface area contributed by atoms with Crippen molar-refractivity contribution in [2.75, 3.05) is 6.54 Å². The van der Waals surface area contributed by atoms with E-state index in [2.05, 4.69) is 9.97 Å². The zero-order valence-electron chi connectivity index (χ0n) is 8.22. The third kappa shape index (κ3) is 2.80. The highest BCUT2D eigenvalue weighted by Crippen LogP contribution is 2.28. The van der Waals surface area contributed by atoms with Gasteiger partial charge in [-0.25, -0.2) is 9.97 Å². The monoisotopic (exact) mass is 233 g/mol. The van der Waals surface area contributed by atoms with Crippen LogP contribution in [0.2, 0.25) is 10.3 Å². The van der Waals surface area contributed by atoms with Crippen molar-refractivity contribution in [1.82, 2.24) is 9.97 Å². The molecule has 0 saturated carbocycles. The molecule has 2 N–H and O–H groups in total. The Kier molecular flexibility index (Phi) is 3.70. The molecule has 0 fully saturated rings. The number of hydrogen-bond donors (Lipinski definition) is 1. The molecule has 0 unspecified atom stereocenters. The second-order valence-electron chi connectivity index (χ2n) is 3.98. The Balaban J connectivity index is 2.97. The van der Waals surface area contributed by atoms with Gasteiger partial charge < -0.3 is 5.73 Å². The van der Waals surface area contributed by atoms with E-state index in [1.165, 1.54) is 6.33 Å². The molecule has 1 aromatic heterocycles. The van der Waals surface area contributed by atoms with Crippen LogP contribution >= 0.6 is 23.2 Å². The molecule has 1 aromatic rings. The second-order valence-corrected chi connectivity index (χ2v) is 4.69. The number of rotatable bonds is 3. The van der Waals surface area contributed by atoms with Gasteiger partial charge in [0.2, 0.25) is 0 Å². The van der Waals surface area contributed by atoms with Crippen LogP contribution in [0.3, 0.4) is 0 Å². The van der Waals surface area contributed by atoms with Gasteiger partial charge >= 0.3 is 0 Å². The van der Waals surface area contributed by atoms with Crippen molar-refractivity contribution >= 4 is 23.2 Å². The van der Waals surface area contributed by atoms with E-state index in [9.17, 15) is 0 Å². The lowest BCUT2D eigenvalue weighted by molar-refractivity contribution is 0.376. The van der Waals surface area contributed by atoms with Crippen LogP contribution in [0.15, 0.2) is 6.33 Å². The topological polar surface area (TPSA) is 51.8 Å². The summed E-state index contributed by atoms with van der Waals surface area (Å²) < 4.78 is 0. The molecule has 78 valence electrons. The zero-order valence-corrected chi connectivity index (χ0v) is 9.73. The van der Waals surface area contributed by atoms with Crippen molar-refractivity contribution in [1.29, 1.82) is 0 Å². The minimum atomic E-state index is -0.0437. The first kappa shape index (κ1) is 11.7. The number of nitrogens with two attached hydrogens (primary N) is 1. The first-order valence-corrected chi connectivity index (χ1v) is 5.07. The van der Waals surface area contributed by atoms with E-state index in [0.717, 1.165) is 5.56 Å². The Bertz CT molecular complexity index is 306. The summed E-state index contributed by atoms with van der Waals surface area (Å²) in [7, 11) is 0. The average molecular weight is 234 g/mol. The molecule has 0 aliphatic rings. The standard InChI is InChI=1S/C9H13Cl2N3/c1-9(2,4-12)3-6-7(10)13-5-14-8(6)11/h5H,3-4,12H2,1-2H3. The van der Waals surface area contributed by atoms with Crippen LogP contribution in [-0.2, 0) is 6.42 Å². The molecule has 0 saturated heterocycles. The van der Waals surface area contributed by atoms with Gasteiger partial charge in [-0.2, -0.15) is 0 Å². The quantitative estimate of drug-likeness (QED) is 0.816. The minimum absolute atomic E-state index is 0.0437. The van der Waals surface area contributed by atoms with E-state index in [1.54, 1.807) is 0 Å². The van der Waals surface area contributed by atoms with Crippen molar-refractivity contribution in [3.8, 4) is 0 Å². The van der Waals surface area contributed by atoms with Crippen molar-refractivity contribution in [3.05, 3.63) is 22.2 Å². The fourth-order valence-corrected chi connectivity index (χ4v) is 1.52. The summed E-state index contributed by atoms with van der Waals surface area (Å²) in [6.07, 6.45) is 2.03. The van der Waals surface area contributed by atoms with Crippen LogP contribution in [0.5, 0.6) is 0 Å². The summed E-state index contributed by atoms with van der Waals surface area (Å²) in [6.45, 7) is 4.66. The molecule has 1 heterocycles. The summed E-state index contributed by atoms with van der Waals surface area (Å²) in [5.74, 6) is 0. The van der Waals surface area contributed by atoms with Gasteiger partial charge in [0.15, 0.2) is 0 Å². The van der Waals surface area contributed by atoms with Crippen LogP contribution in [0.25, 0.3) is 0 Å². The first-order valence-electron chi connectivity index (χ1n) is 4.31. The molecule has 5 heteroatoms. The van der Waals surface area contributed by atoms with Gasteiger partial charge in [-0.05, 0) is 18.4 Å². The van der Waals surface area contributed by atoms with Crippen LogP contribution in [0.4, 0.5) is 0 Å². The Morgan fingerprint density at radius 1 is 1.29 bits per heavy atom. The molecule has 0 aliphatic heterocycles. The van der Waals surface area contributed by atoms with Gasteiger partial charge in [0.05, 0.1) is 0 Å². The Hall–Kier alpha value is -0.380. The Labute approximate surface area is 93.6 Å². The fourth-order valence-electron chi connectivity index (χ4n) is 1.07. The lowest BCUT2D eigenvalue weighted by atomic mass is 9.87. The van der Waals surface area contributed by atoms with E-state index in [-0.39, 0.29) is 5.41 Å². The maximum Gasteiger partial charge on any atom is 0.137 e. The zero-order chi connectivity index (χ0) is 10.8. The molecule has 0 bridgehead atoms. The summed E-state index contributed by atoms with van der Waals surface area (Å²) in [5.41, 5.74) is 6.35. The number of nitrogens with zero attached hydrogens (tertiary/aromatic N) is 2. The van der Waals surface area contributed by atoms with Gasteiger partial charge in [-0.15, -0.1) is 0 Å². The molecule has 0 aliphatic carbocycles. The molecule has 0 amide bonds. The second kappa shape index (κ2) is 4.43. The molecule has 0 atom stereocenters.